The number of hydrogen-bond acceptors (Lipinski definition) is 5. The predicted molar refractivity (Wildman–Crippen MR) is 89.4 cm³/mol. The van der Waals surface area contributed by atoms with Crippen molar-refractivity contribution >= 4 is 23.4 Å². The second-order valence-electron chi connectivity index (χ2n) is 5.04. The standard InChI is InChI=1S/C17H14FN3O2S/c1-11-13(9-20-23-11)10-24-16-7-2-12(8-19-16)17(22)21-15-5-3-14(18)4-6-15/h2-9H,10H2,1H3,(H,21,22). The Hall–Kier alpha value is -2.67. The molecule has 0 spiro atoms. The summed E-state index contributed by atoms with van der Waals surface area (Å²) < 4.78 is 17.9. The van der Waals surface area contributed by atoms with Crippen molar-refractivity contribution in [3.63, 3.8) is 0 Å². The van der Waals surface area contributed by atoms with Crippen molar-refractivity contribution in [2.24, 2.45) is 0 Å². The second kappa shape index (κ2) is 7.27. The molecule has 0 aliphatic carbocycles. The smallest absolute Gasteiger partial charge is 0.257 e. The number of nitrogens with zero attached hydrogens (tertiary/aromatic N) is 2. The largest absolute Gasteiger partial charge is 0.361 e. The molecular weight excluding hydrogens is 329 g/mol. The molecule has 122 valence electrons. The molecule has 7 heteroatoms. The van der Waals surface area contributed by atoms with Crippen LogP contribution in [0.2, 0.25) is 0 Å². The van der Waals surface area contributed by atoms with Crippen LogP contribution in [0.5, 0.6) is 0 Å². The first-order valence-corrected chi connectivity index (χ1v) is 8.16. The lowest BCUT2D eigenvalue weighted by Gasteiger charge is -2.05. The number of aryl methyl sites for hydroxylation is 1. The van der Waals surface area contributed by atoms with Gasteiger partial charge in [-0.1, -0.05) is 5.16 Å². The topological polar surface area (TPSA) is 68.0 Å². The van der Waals surface area contributed by atoms with Gasteiger partial charge in [-0.2, -0.15) is 0 Å². The van der Waals surface area contributed by atoms with Gasteiger partial charge in [-0.05, 0) is 43.3 Å². The molecule has 2 aromatic heterocycles. The van der Waals surface area contributed by atoms with Crippen LogP contribution in [0.15, 0.2) is 58.3 Å². The van der Waals surface area contributed by atoms with Crippen LogP contribution in [-0.2, 0) is 5.75 Å². The lowest BCUT2D eigenvalue weighted by Crippen LogP contribution is -2.12. The Bertz CT molecular complexity index is 832. The van der Waals surface area contributed by atoms with Crippen LogP contribution in [0.4, 0.5) is 10.1 Å². The summed E-state index contributed by atoms with van der Waals surface area (Å²) in [7, 11) is 0. The minimum atomic E-state index is -0.348. The van der Waals surface area contributed by atoms with E-state index in [9.17, 15) is 9.18 Å². The molecule has 1 amide bonds. The van der Waals surface area contributed by atoms with Crippen LogP contribution < -0.4 is 5.32 Å². The third-order valence-corrected chi connectivity index (χ3v) is 4.32. The fourth-order valence-electron chi connectivity index (χ4n) is 1.95. The van der Waals surface area contributed by atoms with E-state index in [0.29, 0.717) is 17.0 Å². The number of benzene rings is 1. The minimum absolute atomic E-state index is 0.291. The van der Waals surface area contributed by atoms with Gasteiger partial charge in [0.2, 0.25) is 0 Å². The van der Waals surface area contributed by atoms with Gasteiger partial charge in [-0.15, -0.1) is 11.8 Å². The summed E-state index contributed by atoms with van der Waals surface area (Å²) in [5.41, 5.74) is 1.98. The van der Waals surface area contributed by atoms with E-state index in [1.54, 1.807) is 18.3 Å². The molecule has 0 bridgehead atoms. The summed E-state index contributed by atoms with van der Waals surface area (Å²) in [6.07, 6.45) is 3.20. The number of aromatic nitrogens is 2. The van der Waals surface area contributed by atoms with Crippen molar-refractivity contribution in [1.29, 1.82) is 0 Å². The van der Waals surface area contributed by atoms with Gasteiger partial charge in [0.05, 0.1) is 16.8 Å². The van der Waals surface area contributed by atoms with E-state index in [1.807, 2.05) is 6.92 Å². The fraction of sp³-hybridized carbons (Fsp3) is 0.118. The van der Waals surface area contributed by atoms with Gasteiger partial charge in [0.15, 0.2) is 0 Å². The van der Waals surface area contributed by atoms with Crippen LogP contribution in [0, 0.1) is 12.7 Å². The van der Waals surface area contributed by atoms with Gasteiger partial charge < -0.3 is 9.84 Å². The maximum Gasteiger partial charge on any atom is 0.257 e. The Kier molecular flexibility index (Phi) is 4.90. The molecule has 1 aromatic carbocycles. The Morgan fingerprint density at radius 2 is 2.00 bits per heavy atom. The van der Waals surface area contributed by atoms with Crippen LogP contribution in [0.25, 0.3) is 0 Å². The summed E-state index contributed by atoms with van der Waals surface area (Å²) >= 11 is 1.53. The highest BCUT2D eigenvalue weighted by molar-refractivity contribution is 7.98. The fourth-order valence-corrected chi connectivity index (χ4v) is 2.82. The molecule has 3 rings (SSSR count). The third-order valence-electron chi connectivity index (χ3n) is 3.33. The predicted octanol–water partition coefficient (Wildman–Crippen LogP) is 4.06. The molecule has 0 saturated carbocycles. The van der Waals surface area contributed by atoms with Crippen LogP contribution in [-0.4, -0.2) is 16.0 Å². The van der Waals surface area contributed by atoms with Gasteiger partial charge >= 0.3 is 0 Å². The zero-order chi connectivity index (χ0) is 16.9. The van der Waals surface area contributed by atoms with E-state index in [-0.39, 0.29) is 11.7 Å². The highest BCUT2D eigenvalue weighted by Gasteiger charge is 2.08. The van der Waals surface area contributed by atoms with Crippen molar-refractivity contribution < 1.29 is 13.7 Å². The molecule has 0 radical (unpaired) electrons. The Morgan fingerprint density at radius 3 is 2.62 bits per heavy atom. The van der Waals surface area contributed by atoms with Crippen molar-refractivity contribution in [2.45, 2.75) is 17.7 Å². The summed E-state index contributed by atoms with van der Waals surface area (Å²) in [6.45, 7) is 1.86. The number of anilines is 1. The Labute approximate surface area is 142 Å². The van der Waals surface area contributed by atoms with E-state index >= 15 is 0 Å². The van der Waals surface area contributed by atoms with Crippen LogP contribution >= 0.6 is 11.8 Å². The molecule has 2 heterocycles. The zero-order valence-corrected chi connectivity index (χ0v) is 13.6. The molecular formula is C17H14FN3O2S. The lowest BCUT2D eigenvalue weighted by atomic mass is 10.2. The summed E-state index contributed by atoms with van der Waals surface area (Å²) in [4.78, 5) is 16.4. The zero-order valence-electron chi connectivity index (χ0n) is 12.8. The number of carbonyl (C=O) groups excluding carboxylic acids is 1. The number of thioether (sulfide) groups is 1. The Morgan fingerprint density at radius 1 is 1.21 bits per heavy atom. The number of hydrogen-bond donors (Lipinski definition) is 1. The first kappa shape index (κ1) is 16.2. The molecule has 0 unspecified atom stereocenters. The van der Waals surface area contributed by atoms with Crippen molar-refractivity contribution in [1.82, 2.24) is 10.1 Å². The average molecular weight is 343 g/mol. The van der Waals surface area contributed by atoms with E-state index in [4.69, 9.17) is 4.52 Å². The molecule has 3 aromatic rings. The van der Waals surface area contributed by atoms with Crippen molar-refractivity contribution in [3.05, 3.63) is 71.5 Å². The quantitative estimate of drug-likeness (QED) is 0.708. The van der Waals surface area contributed by atoms with Crippen LogP contribution in [0.1, 0.15) is 21.7 Å². The average Bonchev–Trinajstić information content (AvgIpc) is 3.00. The molecule has 24 heavy (non-hydrogen) atoms. The van der Waals surface area contributed by atoms with Crippen LogP contribution in [0.3, 0.4) is 0 Å². The monoisotopic (exact) mass is 343 g/mol. The molecule has 1 N–H and O–H groups in total. The summed E-state index contributed by atoms with van der Waals surface area (Å²) in [6, 6.07) is 9.08. The molecule has 0 atom stereocenters. The molecule has 0 aliphatic rings. The van der Waals surface area contributed by atoms with Crippen molar-refractivity contribution in [3.8, 4) is 0 Å². The summed E-state index contributed by atoms with van der Waals surface area (Å²) in [5.74, 6) is 0.848. The first-order valence-electron chi connectivity index (χ1n) is 7.18. The first-order chi connectivity index (χ1) is 11.6. The molecule has 0 saturated heterocycles. The number of halogens is 1. The highest BCUT2D eigenvalue weighted by atomic mass is 32.2. The number of pyridine rings is 1. The lowest BCUT2D eigenvalue weighted by molar-refractivity contribution is 0.102. The minimum Gasteiger partial charge on any atom is -0.361 e. The van der Waals surface area contributed by atoms with Crippen molar-refractivity contribution in [2.75, 3.05) is 5.32 Å². The van der Waals surface area contributed by atoms with Gasteiger partial charge in [-0.3, -0.25) is 4.79 Å². The number of rotatable bonds is 5. The van der Waals surface area contributed by atoms with E-state index < -0.39 is 0 Å². The summed E-state index contributed by atoms with van der Waals surface area (Å²) in [5, 5.41) is 7.23. The maximum absolute atomic E-state index is 12.9. The molecule has 5 nitrogen and oxygen atoms in total. The Balaban J connectivity index is 1.60. The van der Waals surface area contributed by atoms with Gasteiger partial charge in [0.25, 0.3) is 5.91 Å². The van der Waals surface area contributed by atoms with Gasteiger partial charge in [-0.25, -0.2) is 9.37 Å². The normalized spacial score (nSPS) is 10.6. The molecule has 0 fully saturated rings. The SMILES string of the molecule is Cc1oncc1CSc1ccc(C(=O)Nc2ccc(F)cc2)cn1. The second-order valence-corrected chi connectivity index (χ2v) is 6.04. The number of carbonyl (C=O) groups is 1. The molecule has 0 aliphatic heterocycles. The maximum atomic E-state index is 12.9. The van der Waals surface area contributed by atoms with Gasteiger partial charge in [0, 0.05) is 23.2 Å². The third kappa shape index (κ3) is 3.99. The number of amides is 1. The van der Waals surface area contributed by atoms with E-state index in [1.165, 1.54) is 42.2 Å². The van der Waals surface area contributed by atoms with E-state index in [2.05, 4.69) is 15.5 Å². The highest BCUT2D eigenvalue weighted by Crippen LogP contribution is 2.22. The van der Waals surface area contributed by atoms with Gasteiger partial charge in [0.1, 0.15) is 11.6 Å². The number of nitrogens with one attached hydrogen (secondary N) is 1. The van der Waals surface area contributed by atoms with E-state index in [0.717, 1.165) is 16.3 Å².